The molecule has 1 rings (SSSR count). The second kappa shape index (κ2) is 6.98. The van der Waals surface area contributed by atoms with E-state index in [1.807, 2.05) is 42.5 Å². The summed E-state index contributed by atoms with van der Waals surface area (Å²) in [4.78, 5) is 0. The van der Waals surface area contributed by atoms with E-state index in [0.29, 0.717) is 12.5 Å². The zero-order valence-electron chi connectivity index (χ0n) is 7.65. The summed E-state index contributed by atoms with van der Waals surface area (Å²) >= 11 is 8.32. The van der Waals surface area contributed by atoms with Gasteiger partial charge in [-0.2, -0.15) is 0 Å². The van der Waals surface area contributed by atoms with Gasteiger partial charge in [-0.05, 0) is 0 Å². The third-order valence-corrected chi connectivity index (χ3v) is 2.08. The van der Waals surface area contributed by atoms with Crippen molar-refractivity contribution >= 4 is 22.2 Å². The monoisotopic (exact) mass is 246 g/mol. The Morgan fingerprint density at radius 2 is 2.07 bits per heavy atom. The SMILES string of the molecule is ClCCO[C](=[Cr])/C=C/c1ccccc1. The summed E-state index contributed by atoms with van der Waals surface area (Å²) in [5.41, 5.74) is 1.15. The molecule has 0 heterocycles. The van der Waals surface area contributed by atoms with Crippen molar-refractivity contribution in [3.8, 4) is 0 Å². The van der Waals surface area contributed by atoms with E-state index < -0.39 is 0 Å². The minimum absolute atomic E-state index is 0.504. The van der Waals surface area contributed by atoms with E-state index >= 15 is 0 Å². The van der Waals surface area contributed by atoms with Gasteiger partial charge in [0.05, 0.1) is 0 Å². The van der Waals surface area contributed by atoms with E-state index in [2.05, 4.69) is 15.9 Å². The molecule has 1 aromatic rings. The second-order valence-electron chi connectivity index (χ2n) is 2.60. The summed E-state index contributed by atoms with van der Waals surface area (Å²) in [5, 5.41) is 0. The van der Waals surface area contributed by atoms with Crippen LogP contribution in [0.2, 0.25) is 0 Å². The fourth-order valence-corrected chi connectivity index (χ4v) is 1.23. The van der Waals surface area contributed by atoms with Crippen LogP contribution in [0.15, 0.2) is 36.4 Å². The molecule has 0 radical (unpaired) electrons. The van der Waals surface area contributed by atoms with Crippen LogP contribution in [0.3, 0.4) is 0 Å². The van der Waals surface area contributed by atoms with Crippen molar-refractivity contribution in [2.24, 2.45) is 0 Å². The van der Waals surface area contributed by atoms with Crippen molar-refractivity contribution in [2.75, 3.05) is 12.5 Å². The van der Waals surface area contributed by atoms with Crippen LogP contribution in [0, 0.1) is 0 Å². The Kier molecular flexibility index (Phi) is 5.82. The summed E-state index contributed by atoms with van der Waals surface area (Å²) in [7, 11) is 0. The summed E-state index contributed by atoms with van der Waals surface area (Å²) < 4.78 is 6.01. The van der Waals surface area contributed by atoms with E-state index in [1.54, 1.807) is 0 Å². The molecule has 0 N–H and O–H groups in total. The van der Waals surface area contributed by atoms with Crippen LogP contribution in [0.1, 0.15) is 5.56 Å². The first-order chi connectivity index (χ1) is 6.83. The first-order valence-electron chi connectivity index (χ1n) is 4.29. The fourth-order valence-electron chi connectivity index (χ4n) is 0.916. The van der Waals surface area contributed by atoms with Crippen LogP contribution >= 0.6 is 11.6 Å². The van der Waals surface area contributed by atoms with Gasteiger partial charge in [0.1, 0.15) is 0 Å². The molecule has 3 heteroatoms. The van der Waals surface area contributed by atoms with Crippen molar-refractivity contribution in [3.05, 3.63) is 42.0 Å². The van der Waals surface area contributed by atoms with Gasteiger partial charge in [0.2, 0.25) is 0 Å². The molecule has 0 saturated heterocycles. The molecule has 1 nitrogen and oxygen atoms in total. The standard InChI is InChI=1S/C11H11ClO.Cr/c12-8-10-13-9-4-7-11-5-2-1-3-6-11;/h1-7H,8,10H2;/b7-4+;. The second-order valence-corrected chi connectivity index (χ2v) is 3.61. The zero-order chi connectivity index (χ0) is 10.2. The Labute approximate surface area is 97.3 Å². The first kappa shape index (κ1) is 11.7. The number of benzene rings is 1. The van der Waals surface area contributed by atoms with Crippen LogP contribution in [0.4, 0.5) is 0 Å². The van der Waals surface area contributed by atoms with Crippen LogP contribution in [0.5, 0.6) is 0 Å². The van der Waals surface area contributed by atoms with Crippen molar-refractivity contribution in [2.45, 2.75) is 0 Å². The molecule has 0 aliphatic carbocycles. The van der Waals surface area contributed by atoms with Gasteiger partial charge in [-0.25, -0.2) is 0 Å². The van der Waals surface area contributed by atoms with Gasteiger partial charge >= 0.3 is 97.3 Å². The average Bonchev–Trinajstić information content (AvgIpc) is 2.25. The molecule has 0 fully saturated rings. The molecular weight excluding hydrogens is 236 g/mol. The van der Waals surface area contributed by atoms with Gasteiger partial charge < -0.3 is 0 Å². The molecule has 14 heavy (non-hydrogen) atoms. The van der Waals surface area contributed by atoms with Crippen LogP contribution < -0.4 is 0 Å². The quantitative estimate of drug-likeness (QED) is 0.726. The van der Waals surface area contributed by atoms with Gasteiger partial charge in [0.25, 0.3) is 0 Å². The Morgan fingerprint density at radius 1 is 1.36 bits per heavy atom. The van der Waals surface area contributed by atoms with E-state index in [9.17, 15) is 0 Å². The van der Waals surface area contributed by atoms with E-state index in [-0.39, 0.29) is 0 Å². The number of rotatable bonds is 5. The molecule has 74 valence electrons. The normalized spacial score (nSPS) is 10.6. The topological polar surface area (TPSA) is 9.23 Å². The molecule has 0 spiro atoms. The van der Waals surface area contributed by atoms with Crippen molar-refractivity contribution in [1.29, 1.82) is 0 Å². The Bertz CT molecular complexity index is 308. The van der Waals surface area contributed by atoms with Crippen LogP contribution in [-0.4, -0.2) is 17.1 Å². The molecule has 0 aromatic heterocycles. The van der Waals surface area contributed by atoms with Gasteiger partial charge in [-0.15, -0.1) is 0 Å². The molecule has 1 aromatic carbocycles. The summed E-state index contributed by atoms with van der Waals surface area (Å²) in [6, 6.07) is 10.1. The van der Waals surface area contributed by atoms with Gasteiger partial charge in [0, 0.05) is 0 Å². The summed E-state index contributed by atoms with van der Waals surface area (Å²) in [6.45, 7) is 0.531. The minimum atomic E-state index is 0.504. The third kappa shape index (κ3) is 4.74. The number of ether oxygens (including phenoxy) is 1. The molecular formula is C11H11ClCrO. The third-order valence-electron chi connectivity index (χ3n) is 1.53. The molecule has 0 unspecified atom stereocenters. The summed E-state index contributed by atoms with van der Waals surface area (Å²) in [5.74, 6) is 0.504. The molecule has 0 atom stereocenters. The molecule has 0 aliphatic rings. The predicted octanol–water partition coefficient (Wildman–Crippen LogP) is 2.63. The fraction of sp³-hybridized carbons (Fsp3) is 0.182. The predicted molar refractivity (Wildman–Crippen MR) is 57.2 cm³/mol. The number of hydrogen-bond donors (Lipinski definition) is 0. The van der Waals surface area contributed by atoms with Crippen LogP contribution in [-0.2, 0) is 20.6 Å². The maximum atomic E-state index is 5.49. The number of alkyl halides is 1. The average molecular weight is 247 g/mol. The van der Waals surface area contributed by atoms with Crippen LogP contribution in [0.25, 0.3) is 6.08 Å². The Morgan fingerprint density at radius 3 is 2.71 bits per heavy atom. The summed E-state index contributed by atoms with van der Waals surface area (Å²) in [6.07, 6.45) is 3.88. The first-order valence-corrected chi connectivity index (χ1v) is 5.46. The van der Waals surface area contributed by atoms with Gasteiger partial charge in [0.15, 0.2) is 0 Å². The number of halogens is 1. The molecule has 0 saturated carbocycles. The van der Waals surface area contributed by atoms with Crippen molar-refractivity contribution in [1.82, 2.24) is 0 Å². The molecule has 0 aliphatic heterocycles. The van der Waals surface area contributed by atoms with E-state index in [1.165, 1.54) is 0 Å². The van der Waals surface area contributed by atoms with Crippen molar-refractivity contribution in [3.63, 3.8) is 0 Å². The van der Waals surface area contributed by atoms with Gasteiger partial charge in [-0.1, -0.05) is 0 Å². The van der Waals surface area contributed by atoms with E-state index in [0.717, 1.165) is 10.1 Å². The van der Waals surface area contributed by atoms with Crippen molar-refractivity contribution < 1.29 is 20.6 Å². The maximum absolute atomic E-state index is 5.49. The zero-order valence-corrected chi connectivity index (χ0v) is 9.68. The Balaban J connectivity index is 2.44. The Hall–Kier alpha value is -0.388. The molecule has 0 bridgehead atoms. The molecule has 0 amide bonds. The van der Waals surface area contributed by atoms with Gasteiger partial charge in [-0.3, -0.25) is 0 Å². The number of hydrogen-bond acceptors (Lipinski definition) is 1. The van der Waals surface area contributed by atoms with E-state index in [4.69, 9.17) is 16.3 Å².